The molecule has 1 fully saturated rings. The van der Waals surface area contributed by atoms with Crippen molar-refractivity contribution in [1.82, 2.24) is 10.3 Å². The molecule has 0 bridgehead atoms. The Balaban J connectivity index is 1.87. The first-order valence-corrected chi connectivity index (χ1v) is 7.47. The average molecular weight is 405 g/mol. The fourth-order valence-corrected chi connectivity index (χ4v) is 2.33. The first-order chi connectivity index (χ1) is 10.1. The summed E-state index contributed by atoms with van der Waals surface area (Å²) in [6.07, 6.45) is 1.34. The minimum absolute atomic E-state index is 0.00148. The maximum absolute atomic E-state index is 11.7. The molecule has 1 aliphatic heterocycles. The lowest BCUT2D eigenvalue weighted by molar-refractivity contribution is -0.123. The van der Waals surface area contributed by atoms with Crippen LogP contribution in [0.4, 0.5) is 0 Å². The maximum atomic E-state index is 11.7. The number of nitrogens with one attached hydrogen (secondary N) is 1. The van der Waals surface area contributed by atoms with Crippen LogP contribution in [0.2, 0.25) is 0 Å². The number of phenolic OH excluding ortho intramolecular Hbond substituents is 2. The van der Waals surface area contributed by atoms with Crippen LogP contribution in [0.25, 0.3) is 0 Å². The van der Waals surface area contributed by atoms with Crippen LogP contribution in [0, 0.1) is 3.57 Å². The molecule has 1 aromatic rings. The molecule has 114 valence electrons. The van der Waals surface area contributed by atoms with Gasteiger partial charge in [-0.1, -0.05) is 0 Å². The van der Waals surface area contributed by atoms with Crippen molar-refractivity contribution < 1.29 is 19.7 Å². The third kappa shape index (κ3) is 4.83. The predicted molar refractivity (Wildman–Crippen MR) is 85.5 cm³/mol. The lowest BCUT2D eigenvalue weighted by Crippen LogP contribution is -2.42. The van der Waals surface area contributed by atoms with Crippen molar-refractivity contribution in [3.8, 4) is 11.5 Å². The van der Waals surface area contributed by atoms with Crippen molar-refractivity contribution in [1.29, 1.82) is 0 Å². The van der Waals surface area contributed by atoms with Crippen LogP contribution >= 0.6 is 22.6 Å². The molecule has 0 radical (unpaired) electrons. The van der Waals surface area contributed by atoms with Gasteiger partial charge in [-0.2, -0.15) is 5.10 Å². The molecular weight excluding hydrogens is 389 g/mol. The Morgan fingerprint density at radius 1 is 1.38 bits per heavy atom. The Morgan fingerprint density at radius 2 is 2.10 bits per heavy atom. The molecule has 7 nitrogen and oxygen atoms in total. The van der Waals surface area contributed by atoms with E-state index >= 15 is 0 Å². The summed E-state index contributed by atoms with van der Waals surface area (Å²) >= 11 is 1.94. The van der Waals surface area contributed by atoms with Gasteiger partial charge in [-0.05, 0) is 28.7 Å². The number of halogens is 1. The number of nitrogens with zero attached hydrogens (tertiary/aromatic N) is 2. The highest BCUT2D eigenvalue weighted by atomic mass is 127. The standard InChI is InChI=1S/C13H16IN3O4/c14-10-5-9(11(18)6-12(10)19)7-15-16-13(20)8-17-1-3-21-4-2-17/h5-7,18-19H,1-4,8H2,(H,16,20)/b15-7+. The smallest absolute Gasteiger partial charge is 0.254 e. The van der Waals surface area contributed by atoms with Gasteiger partial charge in [-0.15, -0.1) is 0 Å². The van der Waals surface area contributed by atoms with E-state index in [1.807, 2.05) is 27.5 Å². The minimum atomic E-state index is -0.221. The maximum Gasteiger partial charge on any atom is 0.254 e. The molecule has 0 aliphatic carbocycles. The van der Waals surface area contributed by atoms with Crippen molar-refractivity contribution in [3.05, 3.63) is 21.3 Å². The molecule has 1 aromatic carbocycles. The second kappa shape index (κ2) is 7.57. The Morgan fingerprint density at radius 3 is 2.81 bits per heavy atom. The second-order valence-corrected chi connectivity index (χ2v) is 5.71. The van der Waals surface area contributed by atoms with Crippen LogP contribution in [0.15, 0.2) is 17.2 Å². The summed E-state index contributed by atoms with van der Waals surface area (Å²) in [7, 11) is 0. The van der Waals surface area contributed by atoms with E-state index in [1.165, 1.54) is 12.3 Å². The zero-order chi connectivity index (χ0) is 15.2. The first kappa shape index (κ1) is 16.0. The number of hydrogen-bond acceptors (Lipinski definition) is 6. The van der Waals surface area contributed by atoms with E-state index in [1.54, 1.807) is 6.07 Å². The molecule has 1 saturated heterocycles. The predicted octanol–water partition coefficient (Wildman–Crippen LogP) is 0.485. The molecule has 0 aromatic heterocycles. The molecule has 2 rings (SSSR count). The van der Waals surface area contributed by atoms with Gasteiger partial charge in [-0.25, -0.2) is 5.43 Å². The SMILES string of the molecule is O=C(CN1CCOCC1)N/N=C/c1cc(I)c(O)cc1O. The van der Waals surface area contributed by atoms with Crippen LogP contribution in [-0.4, -0.2) is 60.1 Å². The number of hydrogen-bond donors (Lipinski definition) is 3. The zero-order valence-corrected chi connectivity index (χ0v) is 13.4. The van der Waals surface area contributed by atoms with Crippen LogP contribution in [0.3, 0.4) is 0 Å². The third-order valence-corrected chi connectivity index (χ3v) is 3.82. The summed E-state index contributed by atoms with van der Waals surface area (Å²) in [4.78, 5) is 13.7. The van der Waals surface area contributed by atoms with Crippen LogP contribution in [-0.2, 0) is 9.53 Å². The monoisotopic (exact) mass is 405 g/mol. The molecule has 3 N–H and O–H groups in total. The van der Waals surface area contributed by atoms with Crippen molar-refractivity contribution in [2.24, 2.45) is 5.10 Å². The normalized spacial score (nSPS) is 16.2. The molecule has 0 atom stereocenters. The number of aromatic hydroxyl groups is 2. The van der Waals surface area contributed by atoms with E-state index in [9.17, 15) is 15.0 Å². The van der Waals surface area contributed by atoms with Gasteiger partial charge in [0.1, 0.15) is 11.5 Å². The summed E-state index contributed by atoms with van der Waals surface area (Å²) in [5.74, 6) is -0.318. The van der Waals surface area contributed by atoms with Gasteiger partial charge in [0.25, 0.3) is 5.91 Å². The Bertz CT molecular complexity index is 544. The summed E-state index contributed by atoms with van der Waals surface area (Å²) < 4.78 is 5.79. The number of carbonyl (C=O) groups excluding carboxylic acids is 1. The lowest BCUT2D eigenvalue weighted by Gasteiger charge is -2.25. The third-order valence-electron chi connectivity index (χ3n) is 2.96. The van der Waals surface area contributed by atoms with Crippen molar-refractivity contribution >= 4 is 34.7 Å². The van der Waals surface area contributed by atoms with Crippen molar-refractivity contribution in [3.63, 3.8) is 0 Å². The van der Waals surface area contributed by atoms with Gasteiger partial charge in [0, 0.05) is 24.7 Å². The molecule has 21 heavy (non-hydrogen) atoms. The highest BCUT2D eigenvalue weighted by Gasteiger charge is 2.13. The van der Waals surface area contributed by atoms with Crippen molar-refractivity contribution in [2.45, 2.75) is 0 Å². The molecule has 1 amide bonds. The lowest BCUT2D eigenvalue weighted by atomic mass is 10.2. The number of amides is 1. The summed E-state index contributed by atoms with van der Waals surface area (Å²) in [5, 5.41) is 22.9. The van der Waals surface area contributed by atoms with E-state index in [4.69, 9.17) is 4.74 Å². The molecule has 0 saturated carbocycles. The Labute approximate surface area is 135 Å². The summed E-state index contributed by atoms with van der Waals surface area (Å²) in [5.41, 5.74) is 2.83. The molecular formula is C13H16IN3O4. The van der Waals surface area contributed by atoms with Gasteiger partial charge in [-0.3, -0.25) is 9.69 Å². The summed E-state index contributed by atoms with van der Waals surface area (Å²) in [6, 6.07) is 2.81. The van der Waals surface area contributed by atoms with Crippen LogP contribution in [0.1, 0.15) is 5.56 Å². The van der Waals surface area contributed by atoms with Gasteiger partial charge in [0.05, 0.1) is 29.5 Å². The van der Waals surface area contributed by atoms with Crippen molar-refractivity contribution in [2.75, 3.05) is 32.8 Å². The molecule has 8 heteroatoms. The Kier molecular flexibility index (Phi) is 5.76. The molecule has 0 spiro atoms. The minimum Gasteiger partial charge on any atom is -0.507 e. The number of ether oxygens (including phenoxy) is 1. The van der Waals surface area contributed by atoms with Crippen LogP contribution in [0.5, 0.6) is 11.5 Å². The number of benzene rings is 1. The van der Waals surface area contributed by atoms with E-state index in [0.29, 0.717) is 22.3 Å². The van der Waals surface area contributed by atoms with Crippen LogP contribution < -0.4 is 5.43 Å². The van der Waals surface area contributed by atoms with E-state index < -0.39 is 0 Å². The molecule has 0 unspecified atom stereocenters. The van der Waals surface area contributed by atoms with Gasteiger partial charge >= 0.3 is 0 Å². The first-order valence-electron chi connectivity index (χ1n) is 6.40. The zero-order valence-electron chi connectivity index (χ0n) is 11.3. The number of rotatable bonds is 4. The quantitative estimate of drug-likeness (QED) is 0.385. The van der Waals surface area contributed by atoms with E-state index in [-0.39, 0.29) is 24.0 Å². The average Bonchev–Trinajstić information content (AvgIpc) is 2.45. The molecule has 1 aliphatic rings. The highest BCUT2D eigenvalue weighted by molar-refractivity contribution is 14.1. The number of phenols is 2. The van der Waals surface area contributed by atoms with Gasteiger partial charge in [0.15, 0.2) is 0 Å². The van der Waals surface area contributed by atoms with E-state index in [2.05, 4.69) is 10.5 Å². The largest absolute Gasteiger partial charge is 0.507 e. The number of morpholine rings is 1. The Hall–Kier alpha value is -1.39. The second-order valence-electron chi connectivity index (χ2n) is 4.54. The highest BCUT2D eigenvalue weighted by Crippen LogP contribution is 2.27. The van der Waals surface area contributed by atoms with Gasteiger partial charge < -0.3 is 14.9 Å². The number of hydrazone groups is 1. The van der Waals surface area contributed by atoms with Gasteiger partial charge in [0.2, 0.25) is 0 Å². The number of carbonyl (C=O) groups is 1. The fraction of sp³-hybridized carbons (Fsp3) is 0.385. The topological polar surface area (TPSA) is 94.4 Å². The molecule has 1 heterocycles. The fourth-order valence-electron chi connectivity index (χ4n) is 1.84. The summed E-state index contributed by atoms with van der Waals surface area (Å²) in [6.45, 7) is 2.99. The van der Waals surface area contributed by atoms with E-state index in [0.717, 1.165) is 13.1 Å².